The van der Waals surface area contributed by atoms with Gasteiger partial charge in [-0.15, -0.1) is 0 Å². The van der Waals surface area contributed by atoms with Gasteiger partial charge >= 0.3 is 12.3 Å². The minimum Gasteiger partial charge on any atom is -0.447 e. The zero-order chi connectivity index (χ0) is 35.5. The van der Waals surface area contributed by atoms with Crippen LogP contribution in [-0.4, -0.2) is 77.0 Å². The number of hydrogen-bond acceptors (Lipinski definition) is 9. The number of halogens is 3. The summed E-state index contributed by atoms with van der Waals surface area (Å²) < 4.78 is 51.7. The monoisotopic (exact) mass is 672 g/mol. The van der Waals surface area contributed by atoms with Gasteiger partial charge in [-0.05, 0) is 89.7 Å². The van der Waals surface area contributed by atoms with Gasteiger partial charge in [0.2, 0.25) is 5.90 Å². The number of nitrogens with one attached hydrogen (secondary N) is 3. The highest BCUT2D eigenvalue weighted by Gasteiger charge is 2.36. The molecule has 3 amide bonds. The summed E-state index contributed by atoms with van der Waals surface area (Å²) in [4.78, 5) is 41.3. The number of alkyl halides is 3. The number of rotatable bonds is 14. The molecule has 0 spiro atoms. The SMILES string of the molecule is CNCCCCCNC(=O)c1ccc(-n2cc(/C=C/OC(=N)c3ccnc(N(CC(F)(F)F)C(=O)OC(C)(C)C)c3)c(C(N)=O)n2)cc1. The summed E-state index contributed by atoms with van der Waals surface area (Å²) in [5.74, 6) is -1.95. The summed E-state index contributed by atoms with van der Waals surface area (Å²) in [5, 5.41) is 18.5. The lowest BCUT2D eigenvalue weighted by Gasteiger charge is -2.27. The molecule has 0 atom stereocenters. The van der Waals surface area contributed by atoms with Gasteiger partial charge in [0.15, 0.2) is 5.69 Å². The highest BCUT2D eigenvalue weighted by atomic mass is 19.4. The van der Waals surface area contributed by atoms with Crippen LogP contribution in [0.25, 0.3) is 11.8 Å². The molecule has 16 heteroatoms. The van der Waals surface area contributed by atoms with Gasteiger partial charge in [0, 0.05) is 35.6 Å². The van der Waals surface area contributed by atoms with Gasteiger partial charge in [0.1, 0.15) is 18.0 Å². The summed E-state index contributed by atoms with van der Waals surface area (Å²) in [6, 6.07) is 8.94. The molecule has 5 N–H and O–H groups in total. The molecular weight excluding hydrogens is 633 g/mol. The molecule has 0 aliphatic heterocycles. The first-order chi connectivity index (χ1) is 22.6. The number of hydrogen-bond donors (Lipinski definition) is 4. The predicted octanol–water partition coefficient (Wildman–Crippen LogP) is 4.80. The van der Waals surface area contributed by atoms with Crippen LogP contribution in [0.5, 0.6) is 0 Å². The van der Waals surface area contributed by atoms with E-state index < -0.39 is 42.0 Å². The number of aromatic nitrogens is 3. The van der Waals surface area contributed by atoms with Crippen molar-refractivity contribution in [3.8, 4) is 5.69 Å². The Kier molecular flexibility index (Phi) is 12.8. The first kappa shape index (κ1) is 37.2. The van der Waals surface area contributed by atoms with E-state index in [1.807, 2.05) is 7.05 Å². The molecule has 0 unspecified atom stereocenters. The van der Waals surface area contributed by atoms with Crippen molar-refractivity contribution in [2.75, 3.05) is 31.6 Å². The van der Waals surface area contributed by atoms with E-state index in [2.05, 4.69) is 20.7 Å². The minimum atomic E-state index is -4.76. The third kappa shape index (κ3) is 11.5. The standard InChI is InChI=1S/C32H39F3N8O5/c1-31(2,3)48-30(46)42(20-32(33,34)35)25-18-22(12-16-39-25)28(37)47-17-13-23-19-43(41-26(23)27(36)44)24-10-8-21(9-11-24)29(45)40-15-7-5-6-14-38-4/h8-13,16-19,37-38H,5-7,14-15,20H2,1-4H3,(H2,36,44)(H,40,45)/b17-13+,37-28?. The topological polar surface area (TPSA) is 178 Å². The first-order valence-electron chi connectivity index (χ1n) is 15.0. The lowest BCUT2D eigenvalue weighted by atomic mass is 10.2. The number of benzene rings is 1. The second-order valence-corrected chi connectivity index (χ2v) is 11.5. The Bertz CT molecular complexity index is 1610. The van der Waals surface area contributed by atoms with Gasteiger partial charge in [-0.2, -0.15) is 18.3 Å². The molecule has 0 saturated heterocycles. The molecule has 0 bridgehead atoms. The molecule has 2 aromatic heterocycles. The number of pyridine rings is 1. The number of amides is 3. The predicted molar refractivity (Wildman–Crippen MR) is 173 cm³/mol. The molecular formula is C32H39F3N8O5. The van der Waals surface area contributed by atoms with Gasteiger partial charge < -0.3 is 25.8 Å². The fourth-order valence-electron chi connectivity index (χ4n) is 4.19. The molecule has 3 rings (SSSR count). The van der Waals surface area contributed by atoms with E-state index in [4.69, 9.17) is 20.6 Å². The highest BCUT2D eigenvalue weighted by molar-refractivity contribution is 5.96. The number of nitrogens with zero attached hydrogens (tertiary/aromatic N) is 4. The van der Waals surface area contributed by atoms with Gasteiger partial charge in [0.25, 0.3) is 11.8 Å². The molecule has 0 fully saturated rings. The summed E-state index contributed by atoms with van der Waals surface area (Å²) >= 11 is 0. The van der Waals surface area contributed by atoms with Crippen LogP contribution in [-0.2, 0) is 9.47 Å². The number of anilines is 1. The lowest BCUT2D eigenvalue weighted by Crippen LogP contribution is -2.42. The van der Waals surface area contributed by atoms with E-state index in [1.54, 1.807) is 24.3 Å². The molecule has 1 aromatic carbocycles. The molecule has 13 nitrogen and oxygen atoms in total. The van der Waals surface area contributed by atoms with Crippen LogP contribution in [0, 0.1) is 5.41 Å². The number of carbonyl (C=O) groups excluding carboxylic acids is 3. The Labute approximate surface area is 275 Å². The highest BCUT2D eigenvalue weighted by Crippen LogP contribution is 2.24. The largest absolute Gasteiger partial charge is 0.447 e. The summed E-state index contributed by atoms with van der Waals surface area (Å²) in [6.45, 7) is 4.35. The van der Waals surface area contributed by atoms with Crippen LogP contribution < -0.4 is 21.3 Å². The Balaban J connectivity index is 1.71. The van der Waals surface area contributed by atoms with Crippen LogP contribution in [0.15, 0.2) is 55.1 Å². The second kappa shape index (κ2) is 16.5. The zero-order valence-electron chi connectivity index (χ0n) is 27.1. The molecule has 0 aliphatic rings. The van der Waals surface area contributed by atoms with Gasteiger partial charge in [-0.25, -0.2) is 14.5 Å². The fraction of sp³-hybridized carbons (Fsp3) is 0.375. The quantitative estimate of drug-likeness (QED) is 0.0817. The van der Waals surface area contributed by atoms with Crippen LogP contribution in [0.3, 0.4) is 0 Å². The van der Waals surface area contributed by atoms with E-state index in [-0.39, 0.29) is 22.7 Å². The number of carbonyl (C=O) groups is 3. The van der Waals surface area contributed by atoms with Crippen molar-refractivity contribution in [1.29, 1.82) is 5.41 Å². The molecule has 0 saturated carbocycles. The molecule has 48 heavy (non-hydrogen) atoms. The lowest BCUT2D eigenvalue weighted by molar-refractivity contribution is -0.119. The third-order valence-corrected chi connectivity index (χ3v) is 6.43. The summed E-state index contributed by atoms with van der Waals surface area (Å²) in [6.07, 6.45) is 1.88. The van der Waals surface area contributed by atoms with Gasteiger partial charge in [0.05, 0.1) is 11.9 Å². The smallest absolute Gasteiger partial charge is 0.416 e. The molecule has 258 valence electrons. The zero-order valence-corrected chi connectivity index (χ0v) is 27.1. The summed E-state index contributed by atoms with van der Waals surface area (Å²) in [5.41, 5.74) is 5.57. The van der Waals surface area contributed by atoms with Crippen molar-refractivity contribution in [2.24, 2.45) is 5.73 Å². The number of nitrogens with two attached hydrogens (primary N) is 1. The van der Waals surface area contributed by atoms with E-state index in [0.29, 0.717) is 22.7 Å². The first-order valence-corrected chi connectivity index (χ1v) is 15.0. The minimum absolute atomic E-state index is 0.00382. The Hall–Kier alpha value is -5.25. The van der Waals surface area contributed by atoms with Crippen molar-refractivity contribution >= 4 is 35.7 Å². The molecule has 0 aliphatic carbocycles. The average Bonchev–Trinajstić information content (AvgIpc) is 3.45. The van der Waals surface area contributed by atoms with E-state index in [0.717, 1.165) is 44.3 Å². The van der Waals surface area contributed by atoms with Gasteiger partial charge in [-0.1, -0.05) is 6.42 Å². The number of primary amides is 1. The molecule has 2 heterocycles. The maximum atomic E-state index is 13.3. The molecule has 0 radical (unpaired) electrons. The Morgan fingerprint density at radius 3 is 2.35 bits per heavy atom. The summed E-state index contributed by atoms with van der Waals surface area (Å²) in [7, 11) is 1.89. The second-order valence-electron chi connectivity index (χ2n) is 11.5. The van der Waals surface area contributed by atoms with Crippen molar-refractivity contribution in [3.05, 3.63) is 77.4 Å². The van der Waals surface area contributed by atoms with Crippen LogP contribution in [0.4, 0.5) is 23.8 Å². The Morgan fingerprint density at radius 1 is 1.04 bits per heavy atom. The fourth-order valence-corrected chi connectivity index (χ4v) is 4.19. The Morgan fingerprint density at radius 2 is 1.73 bits per heavy atom. The van der Waals surface area contributed by atoms with Crippen LogP contribution >= 0.6 is 0 Å². The van der Waals surface area contributed by atoms with Crippen molar-refractivity contribution in [2.45, 2.75) is 51.8 Å². The van der Waals surface area contributed by atoms with Crippen molar-refractivity contribution in [3.63, 3.8) is 0 Å². The van der Waals surface area contributed by atoms with Crippen molar-refractivity contribution < 1.29 is 37.0 Å². The van der Waals surface area contributed by atoms with Crippen molar-refractivity contribution in [1.82, 2.24) is 25.4 Å². The maximum Gasteiger partial charge on any atom is 0.416 e. The normalized spacial score (nSPS) is 11.7. The number of unbranched alkanes of at least 4 members (excludes halogenated alkanes) is 2. The average molecular weight is 673 g/mol. The number of ether oxygens (including phenoxy) is 2. The van der Waals surface area contributed by atoms with Crippen LogP contribution in [0.1, 0.15) is 72.0 Å². The van der Waals surface area contributed by atoms with Crippen LogP contribution in [0.2, 0.25) is 0 Å². The van der Waals surface area contributed by atoms with Gasteiger partial charge in [-0.3, -0.25) is 19.9 Å². The van der Waals surface area contributed by atoms with E-state index in [1.165, 1.54) is 43.8 Å². The third-order valence-electron chi connectivity index (χ3n) is 6.43. The van der Waals surface area contributed by atoms with E-state index in [9.17, 15) is 27.6 Å². The maximum absolute atomic E-state index is 13.3. The van der Waals surface area contributed by atoms with E-state index >= 15 is 0 Å². The molecule has 3 aromatic rings.